The number of aromatic nitrogens is 2. The molecule has 1 rings (SSSR count). The van der Waals surface area contributed by atoms with E-state index in [-0.39, 0.29) is 6.61 Å². The number of aliphatic hydroxyl groups excluding tert-OH is 1. The highest BCUT2D eigenvalue weighted by Gasteiger charge is 2.11. The van der Waals surface area contributed by atoms with E-state index in [0.717, 1.165) is 13.1 Å². The smallest absolute Gasteiger partial charge is 0.318 e. The van der Waals surface area contributed by atoms with Gasteiger partial charge in [0, 0.05) is 13.1 Å². The third-order valence-corrected chi connectivity index (χ3v) is 2.00. The second kappa shape index (κ2) is 6.36. The van der Waals surface area contributed by atoms with E-state index < -0.39 is 0 Å². The summed E-state index contributed by atoms with van der Waals surface area (Å²) >= 11 is 0. The van der Waals surface area contributed by atoms with Crippen molar-refractivity contribution in [2.24, 2.45) is 0 Å². The number of hydrogen-bond acceptors (Lipinski definition) is 6. The second-order valence-corrected chi connectivity index (χ2v) is 3.06. The van der Waals surface area contributed by atoms with Crippen molar-refractivity contribution in [2.75, 3.05) is 31.1 Å². The van der Waals surface area contributed by atoms with Gasteiger partial charge in [0.05, 0.1) is 13.2 Å². The molecular formula is C9H18N4O2. The first-order chi connectivity index (χ1) is 7.31. The van der Waals surface area contributed by atoms with Crippen LogP contribution in [0.2, 0.25) is 0 Å². The summed E-state index contributed by atoms with van der Waals surface area (Å²) in [5.41, 5.74) is 0. The largest absolute Gasteiger partial charge is 0.407 e. The van der Waals surface area contributed by atoms with Crippen LogP contribution < -0.4 is 10.2 Å². The van der Waals surface area contributed by atoms with Crippen LogP contribution in [0.25, 0.3) is 0 Å². The molecule has 0 aliphatic carbocycles. The lowest BCUT2D eigenvalue weighted by atomic mass is 10.5. The summed E-state index contributed by atoms with van der Waals surface area (Å²) in [6.45, 7) is 6.78. The van der Waals surface area contributed by atoms with Gasteiger partial charge in [0.2, 0.25) is 5.89 Å². The summed E-state index contributed by atoms with van der Waals surface area (Å²) in [6.07, 6.45) is 0. The molecule has 1 heterocycles. The van der Waals surface area contributed by atoms with Gasteiger partial charge >= 0.3 is 6.01 Å². The first-order valence-electron chi connectivity index (χ1n) is 5.20. The number of likely N-dealkylation sites (N-methyl/N-ethyl adjacent to an activating group) is 1. The zero-order valence-corrected chi connectivity index (χ0v) is 9.23. The Kier molecular flexibility index (Phi) is 5.06. The van der Waals surface area contributed by atoms with E-state index in [4.69, 9.17) is 9.52 Å². The Balaban J connectivity index is 2.56. The van der Waals surface area contributed by atoms with Crippen molar-refractivity contribution in [3.8, 4) is 0 Å². The van der Waals surface area contributed by atoms with Crippen LogP contribution in [-0.4, -0.2) is 41.5 Å². The second-order valence-electron chi connectivity index (χ2n) is 3.06. The van der Waals surface area contributed by atoms with E-state index in [1.165, 1.54) is 0 Å². The van der Waals surface area contributed by atoms with Crippen LogP contribution in [-0.2, 0) is 6.54 Å². The Labute approximate surface area is 89.3 Å². The van der Waals surface area contributed by atoms with Crippen molar-refractivity contribution >= 4 is 6.01 Å². The van der Waals surface area contributed by atoms with Gasteiger partial charge in [0.15, 0.2) is 0 Å². The average Bonchev–Trinajstić information content (AvgIpc) is 2.71. The Bertz CT molecular complexity index is 277. The van der Waals surface area contributed by atoms with Gasteiger partial charge in [-0.25, -0.2) is 0 Å². The minimum Gasteiger partial charge on any atom is -0.407 e. The van der Waals surface area contributed by atoms with Gasteiger partial charge in [-0.2, -0.15) is 0 Å². The fourth-order valence-corrected chi connectivity index (χ4v) is 1.19. The molecular weight excluding hydrogens is 196 g/mol. The molecule has 6 nitrogen and oxygen atoms in total. The highest BCUT2D eigenvalue weighted by Crippen LogP contribution is 2.10. The van der Waals surface area contributed by atoms with Crippen LogP contribution in [0.1, 0.15) is 19.7 Å². The number of nitrogens with zero attached hydrogens (tertiary/aromatic N) is 3. The van der Waals surface area contributed by atoms with Crippen LogP contribution in [0.15, 0.2) is 4.42 Å². The molecule has 0 bridgehead atoms. The molecule has 0 atom stereocenters. The molecule has 1 aromatic heterocycles. The first kappa shape index (κ1) is 11.9. The summed E-state index contributed by atoms with van der Waals surface area (Å²) in [7, 11) is 0. The maximum absolute atomic E-state index is 8.83. The third kappa shape index (κ3) is 3.49. The lowest BCUT2D eigenvalue weighted by Crippen LogP contribution is -2.26. The zero-order chi connectivity index (χ0) is 11.1. The van der Waals surface area contributed by atoms with Crippen molar-refractivity contribution in [3.63, 3.8) is 0 Å². The molecule has 0 saturated carbocycles. The van der Waals surface area contributed by atoms with Crippen LogP contribution in [0.5, 0.6) is 0 Å². The lowest BCUT2D eigenvalue weighted by Gasteiger charge is -2.15. The minimum absolute atomic E-state index is 0.0821. The molecule has 0 aliphatic rings. The molecule has 0 saturated heterocycles. The van der Waals surface area contributed by atoms with E-state index in [2.05, 4.69) is 15.5 Å². The predicted molar refractivity (Wildman–Crippen MR) is 56.7 cm³/mol. The standard InChI is InChI=1S/C9H18N4O2/c1-3-10-7-8-11-12-9(15-8)13(4-2)5-6-14/h10,14H,3-7H2,1-2H3. The topological polar surface area (TPSA) is 74.4 Å². The number of aliphatic hydroxyl groups is 1. The molecule has 6 heteroatoms. The van der Waals surface area contributed by atoms with E-state index in [1.807, 2.05) is 18.7 Å². The molecule has 0 amide bonds. The summed E-state index contributed by atoms with van der Waals surface area (Å²) in [5.74, 6) is 0.572. The number of anilines is 1. The fourth-order valence-electron chi connectivity index (χ4n) is 1.19. The third-order valence-electron chi connectivity index (χ3n) is 2.00. The van der Waals surface area contributed by atoms with Crippen molar-refractivity contribution in [1.82, 2.24) is 15.5 Å². The van der Waals surface area contributed by atoms with Crippen molar-refractivity contribution < 1.29 is 9.52 Å². The Morgan fingerprint density at radius 2 is 2.20 bits per heavy atom. The van der Waals surface area contributed by atoms with Crippen molar-refractivity contribution in [3.05, 3.63) is 5.89 Å². The summed E-state index contributed by atoms with van der Waals surface area (Å²) in [4.78, 5) is 1.84. The van der Waals surface area contributed by atoms with Gasteiger partial charge in [-0.3, -0.25) is 0 Å². The number of hydrogen-bond donors (Lipinski definition) is 2. The highest BCUT2D eigenvalue weighted by molar-refractivity contribution is 5.23. The molecule has 0 fully saturated rings. The van der Waals surface area contributed by atoms with Gasteiger partial charge in [-0.1, -0.05) is 12.0 Å². The van der Waals surface area contributed by atoms with Crippen LogP contribution >= 0.6 is 0 Å². The molecule has 0 radical (unpaired) electrons. The van der Waals surface area contributed by atoms with Crippen molar-refractivity contribution in [1.29, 1.82) is 0 Å². The molecule has 0 unspecified atom stereocenters. The zero-order valence-electron chi connectivity index (χ0n) is 9.23. The summed E-state index contributed by atoms with van der Waals surface area (Å²) in [6, 6.07) is 0.472. The number of nitrogens with one attached hydrogen (secondary N) is 1. The number of rotatable bonds is 7. The van der Waals surface area contributed by atoms with E-state index in [0.29, 0.717) is 25.0 Å². The first-order valence-corrected chi connectivity index (χ1v) is 5.20. The predicted octanol–water partition coefficient (Wildman–Crippen LogP) is -0.00230. The maximum Gasteiger partial charge on any atom is 0.318 e. The van der Waals surface area contributed by atoms with E-state index >= 15 is 0 Å². The van der Waals surface area contributed by atoms with Gasteiger partial charge < -0.3 is 19.7 Å². The molecule has 2 N–H and O–H groups in total. The lowest BCUT2D eigenvalue weighted by molar-refractivity contribution is 0.298. The Morgan fingerprint density at radius 1 is 1.40 bits per heavy atom. The Hall–Kier alpha value is -1.14. The minimum atomic E-state index is 0.0821. The summed E-state index contributed by atoms with van der Waals surface area (Å²) in [5, 5.41) is 19.8. The van der Waals surface area contributed by atoms with Crippen LogP contribution in [0.4, 0.5) is 6.01 Å². The molecule has 0 aliphatic heterocycles. The Morgan fingerprint density at radius 3 is 2.80 bits per heavy atom. The average molecular weight is 214 g/mol. The molecule has 0 aromatic carbocycles. The van der Waals surface area contributed by atoms with Crippen LogP contribution in [0.3, 0.4) is 0 Å². The normalized spacial score (nSPS) is 10.6. The van der Waals surface area contributed by atoms with E-state index in [9.17, 15) is 0 Å². The fraction of sp³-hybridized carbons (Fsp3) is 0.778. The van der Waals surface area contributed by atoms with Gasteiger partial charge in [-0.15, -0.1) is 5.10 Å². The molecule has 1 aromatic rings. The maximum atomic E-state index is 8.83. The van der Waals surface area contributed by atoms with Crippen LogP contribution in [0, 0.1) is 0 Å². The van der Waals surface area contributed by atoms with Crippen molar-refractivity contribution in [2.45, 2.75) is 20.4 Å². The summed E-state index contributed by atoms with van der Waals surface area (Å²) < 4.78 is 5.42. The molecule has 15 heavy (non-hydrogen) atoms. The van der Waals surface area contributed by atoms with Gasteiger partial charge in [0.1, 0.15) is 0 Å². The monoisotopic (exact) mass is 214 g/mol. The van der Waals surface area contributed by atoms with E-state index in [1.54, 1.807) is 0 Å². The SMILES string of the molecule is CCNCc1nnc(N(CC)CCO)o1. The van der Waals surface area contributed by atoms with Gasteiger partial charge in [0.25, 0.3) is 0 Å². The molecule has 86 valence electrons. The highest BCUT2D eigenvalue weighted by atomic mass is 16.4. The van der Waals surface area contributed by atoms with Gasteiger partial charge in [-0.05, 0) is 13.5 Å². The molecule has 0 spiro atoms. The quantitative estimate of drug-likeness (QED) is 0.665.